The topological polar surface area (TPSA) is 80.0 Å². The summed E-state index contributed by atoms with van der Waals surface area (Å²) in [4.78, 5) is 15.4. The molecule has 0 aliphatic carbocycles. The van der Waals surface area contributed by atoms with Crippen molar-refractivity contribution in [2.45, 2.75) is 26.3 Å². The van der Waals surface area contributed by atoms with Crippen molar-refractivity contribution in [3.8, 4) is 0 Å². The minimum Gasteiger partial charge on any atom is -0.396 e. The number of nitrogens with one attached hydrogen (secondary N) is 2. The molecule has 1 aromatic rings. The summed E-state index contributed by atoms with van der Waals surface area (Å²) in [5.41, 5.74) is 6.22. The summed E-state index contributed by atoms with van der Waals surface area (Å²) in [6, 6.07) is 3.44. The molecule has 4 N–H and O–H groups in total. The number of nitrogen functional groups attached to an aromatic ring is 1. The summed E-state index contributed by atoms with van der Waals surface area (Å²) in [6.07, 6.45) is 0.367. The maximum atomic E-state index is 11.4. The van der Waals surface area contributed by atoms with Crippen molar-refractivity contribution >= 4 is 29.0 Å². The molecule has 0 bridgehead atoms. The van der Waals surface area contributed by atoms with Gasteiger partial charge in [-0.2, -0.15) is 0 Å². The fourth-order valence-electron chi connectivity index (χ4n) is 1.28. The number of nitrogens with zero attached hydrogens (tertiary/aromatic N) is 1. The Hall–Kier alpha value is -1.49. The van der Waals surface area contributed by atoms with E-state index < -0.39 is 0 Å². The van der Waals surface area contributed by atoms with E-state index in [9.17, 15) is 4.79 Å². The molecule has 0 aliphatic rings. The van der Waals surface area contributed by atoms with Gasteiger partial charge < -0.3 is 16.4 Å². The zero-order valence-electron chi connectivity index (χ0n) is 9.96. The Bertz CT molecular complexity index is 395. The fourth-order valence-corrected chi connectivity index (χ4v) is 1.42. The van der Waals surface area contributed by atoms with Crippen LogP contribution in [-0.2, 0) is 4.79 Å². The number of aromatic nitrogens is 1. The minimum absolute atomic E-state index is 0.00639. The molecular formula is C11H17ClN4O. The number of nitrogens with two attached hydrogens (primary N) is 1. The van der Waals surface area contributed by atoms with Crippen molar-refractivity contribution in [3.63, 3.8) is 0 Å². The van der Waals surface area contributed by atoms with Gasteiger partial charge in [-0.15, -0.1) is 0 Å². The number of amides is 1. The Labute approximate surface area is 106 Å². The Balaban J connectivity index is 2.40. The van der Waals surface area contributed by atoms with Crippen LogP contribution in [0, 0.1) is 0 Å². The average Bonchev–Trinajstić information content (AvgIpc) is 2.22. The number of carbonyl (C=O) groups excluding carboxylic acids is 1. The first kappa shape index (κ1) is 13.6. The van der Waals surface area contributed by atoms with Crippen LogP contribution < -0.4 is 16.4 Å². The quantitative estimate of drug-likeness (QED) is 0.700. The van der Waals surface area contributed by atoms with Crippen molar-refractivity contribution in [2.24, 2.45) is 0 Å². The number of rotatable bonds is 5. The van der Waals surface area contributed by atoms with Crippen molar-refractivity contribution < 1.29 is 4.79 Å². The first-order chi connectivity index (χ1) is 7.99. The van der Waals surface area contributed by atoms with Crippen molar-refractivity contribution in [2.75, 3.05) is 17.6 Å². The molecule has 1 rings (SSSR count). The van der Waals surface area contributed by atoms with Gasteiger partial charge in [0, 0.05) is 19.0 Å². The predicted octanol–water partition coefficient (Wildman–Crippen LogP) is 1.64. The van der Waals surface area contributed by atoms with E-state index in [0.717, 1.165) is 0 Å². The van der Waals surface area contributed by atoms with Crippen LogP contribution in [0.5, 0.6) is 0 Å². The van der Waals surface area contributed by atoms with Gasteiger partial charge in [-0.25, -0.2) is 4.98 Å². The van der Waals surface area contributed by atoms with Crippen LogP contribution in [0.4, 0.5) is 11.5 Å². The van der Waals surface area contributed by atoms with E-state index in [-0.39, 0.29) is 11.9 Å². The van der Waals surface area contributed by atoms with Gasteiger partial charge in [0.2, 0.25) is 5.91 Å². The number of anilines is 2. The molecule has 0 unspecified atom stereocenters. The van der Waals surface area contributed by atoms with Crippen molar-refractivity contribution in [3.05, 3.63) is 17.3 Å². The molecule has 1 heterocycles. The lowest BCUT2D eigenvalue weighted by Crippen LogP contribution is -2.31. The molecule has 94 valence electrons. The largest absolute Gasteiger partial charge is 0.396 e. The molecule has 0 spiro atoms. The first-order valence-corrected chi connectivity index (χ1v) is 5.82. The second kappa shape index (κ2) is 6.30. The van der Waals surface area contributed by atoms with Gasteiger partial charge in [-0.05, 0) is 26.0 Å². The van der Waals surface area contributed by atoms with Crippen LogP contribution in [0.25, 0.3) is 0 Å². The van der Waals surface area contributed by atoms with Crippen molar-refractivity contribution in [1.29, 1.82) is 0 Å². The maximum Gasteiger partial charge on any atom is 0.221 e. The highest BCUT2D eigenvalue weighted by molar-refractivity contribution is 6.29. The van der Waals surface area contributed by atoms with Crippen LogP contribution >= 0.6 is 11.6 Å². The third-order valence-corrected chi connectivity index (χ3v) is 2.20. The fraction of sp³-hybridized carbons (Fsp3) is 0.455. The first-order valence-electron chi connectivity index (χ1n) is 5.44. The summed E-state index contributed by atoms with van der Waals surface area (Å²) < 4.78 is 0. The smallest absolute Gasteiger partial charge is 0.221 e. The highest BCUT2D eigenvalue weighted by Crippen LogP contribution is 2.17. The molecule has 17 heavy (non-hydrogen) atoms. The summed E-state index contributed by atoms with van der Waals surface area (Å²) in [5.74, 6) is 0.503. The highest BCUT2D eigenvalue weighted by atomic mass is 35.5. The monoisotopic (exact) mass is 256 g/mol. The van der Waals surface area contributed by atoms with Gasteiger partial charge in [0.05, 0.1) is 5.69 Å². The van der Waals surface area contributed by atoms with Crippen LogP contribution in [0.3, 0.4) is 0 Å². The third kappa shape index (κ3) is 4.91. The molecule has 0 saturated heterocycles. The van der Waals surface area contributed by atoms with Crippen molar-refractivity contribution in [1.82, 2.24) is 10.3 Å². The predicted molar refractivity (Wildman–Crippen MR) is 70.0 cm³/mol. The molecule has 1 aromatic heterocycles. The maximum absolute atomic E-state index is 11.4. The molecule has 5 nitrogen and oxygen atoms in total. The minimum atomic E-state index is -0.00639. The second-order valence-corrected chi connectivity index (χ2v) is 4.36. The Kier molecular flexibility index (Phi) is 5.03. The molecule has 1 amide bonds. The van der Waals surface area contributed by atoms with Gasteiger partial charge in [-0.1, -0.05) is 11.6 Å². The highest BCUT2D eigenvalue weighted by Gasteiger charge is 2.05. The lowest BCUT2D eigenvalue weighted by Gasteiger charge is -2.10. The Morgan fingerprint density at radius 1 is 1.53 bits per heavy atom. The number of hydrogen-bond acceptors (Lipinski definition) is 4. The summed E-state index contributed by atoms with van der Waals surface area (Å²) >= 11 is 5.74. The van der Waals surface area contributed by atoms with E-state index in [0.29, 0.717) is 29.6 Å². The third-order valence-electron chi connectivity index (χ3n) is 1.99. The van der Waals surface area contributed by atoms with E-state index in [1.54, 1.807) is 12.1 Å². The van der Waals surface area contributed by atoms with E-state index in [2.05, 4.69) is 15.6 Å². The van der Waals surface area contributed by atoms with E-state index >= 15 is 0 Å². The molecule has 0 saturated carbocycles. The molecule has 6 heteroatoms. The van der Waals surface area contributed by atoms with Crippen LogP contribution in [-0.4, -0.2) is 23.5 Å². The zero-order valence-corrected chi connectivity index (χ0v) is 10.7. The number of carbonyl (C=O) groups is 1. The lowest BCUT2D eigenvalue weighted by atomic mass is 10.3. The molecule has 0 fully saturated rings. The van der Waals surface area contributed by atoms with Gasteiger partial charge >= 0.3 is 0 Å². The Morgan fingerprint density at radius 3 is 2.88 bits per heavy atom. The summed E-state index contributed by atoms with van der Waals surface area (Å²) in [5, 5.41) is 6.14. The summed E-state index contributed by atoms with van der Waals surface area (Å²) in [6.45, 7) is 4.31. The molecular weight excluding hydrogens is 240 g/mol. The SMILES string of the molecule is CC(C)NC(=O)CCNc1nc(Cl)ccc1N. The number of hydrogen-bond donors (Lipinski definition) is 3. The summed E-state index contributed by atoms with van der Waals surface area (Å²) in [7, 11) is 0. The van der Waals surface area contributed by atoms with Gasteiger partial charge in [0.15, 0.2) is 5.82 Å². The van der Waals surface area contributed by atoms with Gasteiger partial charge in [0.1, 0.15) is 5.15 Å². The van der Waals surface area contributed by atoms with E-state index in [1.807, 2.05) is 13.8 Å². The Morgan fingerprint density at radius 2 is 2.24 bits per heavy atom. The normalized spacial score (nSPS) is 10.4. The van der Waals surface area contributed by atoms with Gasteiger partial charge in [0.25, 0.3) is 0 Å². The molecule has 0 radical (unpaired) electrons. The van der Waals surface area contributed by atoms with E-state index in [4.69, 9.17) is 17.3 Å². The standard InChI is InChI=1S/C11H17ClN4O/c1-7(2)15-10(17)5-6-14-11-8(13)3-4-9(12)16-11/h3-4,7H,5-6,13H2,1-2H3,(H,14,16)(H,15,17). The van der Waals surface area contributed by atoms with Crippen LogP contribution in [0.1, 0.15) is 20.3 Å². The molecule has 0 aromatic carbocycles. The molecule has 0 atom stereocenters. The second-order valence-electron chi connectivity index (χ2n) is 3.97. The van der Waals surface area contributed by atoms with Crippen LogP contribution in [0.2, 0.25) is 5.15 Å². The van der Waals surface area contributed by atoms with Crippen LogP contribution in [0.15, 0.2) is 12.1 Å². The lowest BCUT2D eigenvalue weighted by molar-refractivity contribution is -0.121. The molecule has 0 aliphatic heterocycles. The number of pyridine rings is 1. The number of halogens is 1. The average molecular weight is 257 g/mol. The zero-order chi connectivity index (χ0) is 12.8. The van der Waals surface area contributed by atoms with Gasteiger partial charge in [-0.3, -0.25) is 4.79 Å². The van der Waals surface area contributed by atoms with E-state index in [1.165, 1.54) is 0 Å².